The predicted molar refractivity (Wildman–Crippen MR) is 159 cm³/mol. The maximum Gasteiger partial charge on any atom is 0.185 e. The van der Waals surface area contributed by atoms with Crippen LogP contribution in [0, 0.1) is 0 Å². The molecule has 1 aromatic rings. The fourth-order valence-corrected chi connectivity index (χ4v) is 7.96. The third-order valence-corrected chi connectivity index (χ3v) is 9.23. The minimum Gasteiger partial charge on any atom is -0.415 e. The average Bonchev–Trinajstić information content (AvgIpc) is 2.68. The van der Waals surface area contributed by atoms with Gasteiger partial charge in [0.2, 0.25) is 0 Å². The highest BCUT2D eigenvalue weighted by atomic mass is 28.4. The van der Waals surface area contributed by atoms with E-state index in [4.69, 9.17) is 27.2 Å². The van der Waals surface area contributed by atoms with Gasteiger partial charge in [0.25, 0.3) is 0 Å². The molecule has 36 heavy (non-hydrogen) atoms. The summed E-state index contributed by atoms with van der Waals surface area (Å²) >= 11 is 0. The largest absolute Gasteiger partial charge is 0.415 e. The van der Waals surface area contributed by atoms with Crippen LogP contribution in [0.4, 0.5) is 0 Å². The lowest BCUT2D eigenvalue weighted by atomic mass is 9.99. The van der Waals surface area contributed by atoms with Gasteiger partial charge >= 0.3 is 0 Å². The number of hydrogen-bond acceptors (Lipinski definition) is 6. The minimum atomic E-state index is -1.96. The monoisotopic (exact) mass is 572 g/mol. The molecule has 0 spiro atoms. The van der Waals surface area contributed by atoms with Crippen LogP contribution in [0.25, 0.3) is 0 Å². The van der Waals surface area contributed by atoms with Crippen molar-refractivity contribution in [3.8, 4) is 0 Å². The number of benzene rings is 1. The zero-order valence-corrected chi connectivity index (χ0v) is 28.8. The Kier molecular flexibility index (Phi) is 11.4. The van der Waals surface area contributed by atoms with E-state index in [2.05, 4.69) is 103 Å². The molecule has 0 aromatic heterocycles. The van der Waals surface area contributed by atoms with Crippen LogP contribution in [0.5, 0.6) is 0 Å². The molecular weight excluding hydrogens is 521 g/mol. The van der Waals surface area contributed by atoms with E-state index < -0.39 is 39.6 Å². The topological polar surface area (TPSA) is 55.4 Å². The van der Waals surface area contributed by atoms with E-state index >= 15 is 0 Å². The van der Waals surface area contributed by atoms with Gasteiger partial charge in [-0.05, 0) is 90.5 Å². The van der Waals surface area contributed by atoms with Crippen molar-refractivity contribution in [2.45, 2.75) is 116 Å². The van der Waals surface area contributed by atoms with Crippen LogP contribution in [-0.4, -0.2) is 77.2 Å². The van der Waals surface area contributed by atoms with E-state index in [1.54, 1.807) is 0 Å². The van der Waals surface area contributed by atoms with Crippen molar-refractivity contribution >= 4 is 33.3 Å². The second-order valence-corrected chi connectivity index (χ2v) is 31.6. The Morgan fingerprint density at radius 2 is 1.14 bits per heavy atom. The van der Waals surface area contributed by atoms with Crippen molar-refractivity contribution in [1.29, 1.82) is 0 Å². The molecule has 0 aliphatic carbocycles. The Balaban J connectivity index is 2.41. The van der Waals surface area contributed by atoms with Crippen molar-refractivity contribution in [3.05, 3.63) is 35.9 Å². The minimum absolute atomic E-state index is 0.268. The highest BCUT2D eigenvalue weighted by Crippen LogP contribution is 2.34. The average molecular weight is 573 g/mol. The van der Waals surface area contributed by atoms with Crippen LogP contribution in [-0.2, 0) is 33.6 Å². The second-order valence-electron chi connectivity index (χ2n) is 13.7. The predicted octanol–water partition coefficient (Wildman–Crippen LogP) is 6.48. The Morgan fingerprint density at radius 1 is 0.639 bits per heavy atom. The molecule has 1 unspecified atom stereocenters. The SMILES string of the molecule is C[Si](C)(C)OC[C@H]1OC(OCCc2ccccc2)[C@@H](O[Si](C)(C)C)[C@@H](O[Si](C)(C)C)[C@@H]1O[Si](C)(C)C. The van der Waals surface area contributed by atoms with Crippen molar-refractivity contribution in [3.63, 3.8) is 0 Å². The van der Waals surface area contributed by atoms with Crippen LogP contribution in [0.3, 0.4) is 0 Å². The fraction of sp³-hybridized carbons (Fsp3) is 0.769. The highest BCUT2D eigenvalue weighted by Gasteiger charge is 2.52. The molecule has 6 nitrogen and oxygen atoms in total. The van der Waals surface area contributed by atoms with Crippen molar-refractivity contribution in [2.75, 3.05) is 13.2 Å². The molecule has 0 saturated carbocycles. The second kappa shape index (κ2) is 12.8. The van der Waals surface area contributed by atoms with Crippen molar-refractivity contribution in [1.82, 2.24) is 0 Å². The molecule has 1 aromatic carbocycles. The van der Waals surface area contributed by atoms with E-state index in [1.807, 2.05) is 6.07 Å². The molecule has 0 bridgehead atoms. The Morgan fingerprint density at radius 3 is 1.64 bits per heavy atom. The molecular formula is C26H52O6Si4. The lowest BCUT2D eigenvalue weighted by molar-refractivity contribution is -0.290. The third-order valence-electron chi connectivity index (χ3n) is 5.26. The summed E-state index contributed by atoms with van der Waals surface area (Å²) in [5.74, 6) is 0. The summed E-state index contributed by atoms with van der Waals surface area (Å²) < 4.78 is 40.0. The molecule has 0 N–H and O–H groups in total. The standard InChI is InChI=1S/C26H52O6Si4/c1-33(2,3)28-20-22-23(30-34(4,5)6)24(31-35(7,8)9)25(32-36(10,11)12)26(29-22)27-19-18-21-16-14-13-15-17-21/h13-17,22-26H,18-20H2,1-12H3/t22-,23-,24+,25+,26?/m1/s1. The van der Waals surface area contributed by atoms with E-state index in [-0.39, 0.29) is 24.4 Å². The summed E-state index contributed by atoms with van der Waals surface area (Å²) in [5, 5.41) is 0. The summed E-state index contributed by atoms with van der Waals surface area (Å²) in [4.78, 5) is 0. The quantitative estimate of drug-likeness (QED) is 0.252. The van der Waals surface area contributed by atoms with Gasteiger partial charge in [-0.3, -0.25) is 0 Å². The van der Waals surface area contributed by atoms with Crippen LogP contribution in [0.2, 0.25) is 78.6 Å². The first-order chi connectivity index (χ1) is 16.3. The van der Waals surface area contributed by atoms with Crippen LogP contribution in [0.15, 0.2) is 30.3 Å². The van der Waals surface area contributed by atoms with Crippen molar-refractivity contribution < 1.29 is 27.2 Å². The number of hydrogen-bond donors (Lipinski definition) is 0. The van der Waals surface area contributed by atoms with Gasteiger partial charge in [0.05, 0.1) is 13.2 Å². The molecule has 208 valence electrons. The normalized spacial score (nSPS) is 26.3. The number of ether oxygens (including phenoxy) is 2. The fourth-order valence-electron chi connectivity index (χ4n) is 4.04. The molecule has 1 heterocycles. The molecule has 2 rings (SSSR count). The number of rotatable bonds is 13. The van der Waals surface area contributed by atoms with Gasteiger partial charge in [-0.25, -0.2) is 0 Å². The van der Waals surface area contributed by atoms with E-state index in [0.717, 1.165) is 6.42 Å². The van der Waals surface area contributed by atoms with Gasteiger partial charge < -0.3 is 27.2 Å². The van der Waals surface area contributed by atoms with Gasteiger partial charge in [-0.2, -0.15) is 0 Å². The van der Waals surface area contributed by atoms with Crippen LogP contribution < -0.4 is 0 Å². The molecule has 1 aliphatic rings. The molecule has 0 radical (unpaired) electrons. The Hall–Kier alpha value is -0.152. The molecule has 1 aliphatic heterocycles. The van der Waals surface area contributed by atoms with Gasteiger partial charge in [0.1, 0.15) is 24.4 Å². The van der Waals surface area contributed by atoms with E-state index in [9.17, 15) is 0 Å². The third kappa shape index (κ3) is 12.1. The zero-order valence-electron chi connectivity index (χ0n) is 24.8. The summed E-state index contributed by atoms with van der Waals surface area (Å²) in [6, 6.07) is 10.4. The van der Waals surface area contributed by atoms with Crippen LogP contribution >= 0.6 is 0 Å². The zero-order chi connectivity index (χ0) is 27.4. The Bertz CT molecular complexity index is 783. The van der Waals surface area contributed by atoms with Gasteiger partial charge in [0, 0.05) is 0 Å². The lowest BCUT2D eigenvalue weighted by Gasteiger charge is -2.50. The molecule has 5 atom stereocenters. The smallest absolute Gasteiger partial charge is 0.185 e. The summed E-state index contributed by atoms with van der Waals surface area (Å²) in [5.41, 5.74) is 1.24. The maximum absolute atomic E-state index is 6.88. The van der Waals surface area contributed by atoms with E-state index in [0.29, 0.717) is 13.2 Å². The van der Waals surface area contributed by atoms with Gasteiger partial charge in [-0.1, -0.05) is 30.3 Å². The summed E-state index contributed by atoms with van der Waals surface area (Å²) in [6.07, 6.45) is -0.920. The first kappa shape index (κ1) is 32.1. The molecule has 1 saturated heterocycles. The lowest BCUT2D eigenvalue weighted by Crippen LogP contribution is -2.66. The van der Waals surface area contributed by atoms with Gasteiger partial charge in [-0.15, -0.1) is 0 Å². The molecule has 10 heteroatoms. The summed E-state index contributed by atoms with van der Waals surface area (Å²) in [6.45, 7) is 27.5. The maximum atomic E-state index is 6.88. The first-order valence-electron chi connectivity index (χ1n) is 13.3. The highest BCUT2D eigenvalue weighted by molar-refractivity contribution is 6.71. The van der Waals surface area contributed by atoms with Crippen LogP contribution in [0.1, 0.15) is 5.56 Å². The van der Waals surface area contributed by atoms with E-state index in [1.165, 1.54) is 5.56 Å². The first-order valence-corrected chi connectivity index (χ1v) is 26.9. The van der Waals surface area contributed by atoms with Crippen molar-refractivity contribution in [2.24, 2.45) is 0 Å². The summed E-state index contributed by atoms with van der Waals surface area (Å²) in [7, 11) is -7.61. The van der Waals surface area contributed by atoms with Gasteiger partial charge in [0.15, 0.2) is 39.6 Å². The Labute approximate surface area is 224 Å². The molecule has 1 fully saturated rings. The molecule has 0 amide bonds.